The van der Waals surface area contributed by atoms with Crippen LogP contribution in [0.5, 0.6) is 0 Å². The molecule has 7 heteroatoms. The van der Waals surface area contributed by atoms with Crippen molar-refractivity contribution in [1.82, 2.24) is 20.1 Å². The Kier molecular flexibility index (Phi) is 4.03. The van der Waals surface area contributed by atoms with Gasteiger partial charge in [-0.1, -0.05) is 12.5 Å². The van der Waals surface area contributed by atoms with E-state index in [0.29, 0.717) is 37.0 Å². The smallest absolute Gasteiger partial charge is 0.266 e. The normalized spacial score (nSPS) is 25.4. The van der Waals surface area contributed by atoms with Crippen molar-refractivity contribution in [2.24, 2.45) is 5.92 Å². The van der Waals surface area contributed by atoms with Gasteiger partial charge in [0.05, 0.1) is 11.5 Å². The Hall–Kier alpha value is -2.28. The first-order valence-corrected chi connectivity index (χ1v) is 8.77. The van der Waals surface area contributed by atoms with Crippen molar-refractivity contribution in [1.29, 1.82) is 0 Å². The van der Waals surface area contributed by atoms with Gasteiger partial charge in [0.1, 0.15) is 5.69 Å². The quantitative estimate of drug-likeness (QED) is 0.914. The van der Waals surface area contributed by atoms with Crippen molar-refractivity contribution in [3.63, 3.8) is 0 Å². The van der Waals surface area contributed by atoms with Gasteiger partial charge >= 0.3 is 0 Å². The summed E-state index contributed by atoms with van der Waals surface area (Å²) in [5.41, 5.74) is 0.330. The molecule has 7 nitrogen and oxygen atoms in total. The monoisotopic (exact) mass is 342 g/mol. The summed E-state index contributed by atoms with van der Waals surface area (Å²) in [7, 11) is 0. The van der Waals surface area contributed by atoms with Crippen LogP contribution in [0.15, 0.2) is 28.8 Å². The minimum absolute atomic E-state index is 0.0555. The van der Waals surface area contributed by atoms with E-state index < -0.39 is 0 Å². The Morgan fingerprint density at radius 1 is 1.32 bits per heavy atom. The fourth-order valence-corrected chi connectivity index (χ4v) is 3.79. The molecule has 0 bridgehead atoms. The molecule has 2 aliphatic rings. The first-order valence-electron chi connectivity index (χ1n) is 8.77. The highest BCUT2D eigenvalue weighted by atomic mass is 16.4. The van der Waals surface area contributed by atoms with Crippen LogP contribution in [-0.2, 0) is 10.2 Å². The molecule has 3 heterocycles. The molecule has 2 aromatic heterocycles. The Labute approximate surface area is 146 Å². The lowest BCUT2D eigenvalue weighted by atomic mass is 9.79. The SMILES string of the molecule is CC1(c2nnc(-c3ccccn3)o2)CN(C(=O)C2CCCC(O)C2)C1. The van der Waals surface area contributed by atoms with Crippen LogP contribution in [0.1, 0.15) is 38.5 Å². The predicted octanol–water partition coefficient (Wildman–Crippen LogP) is 1.78. The third-order valence-electron chi connectivity index (χ3n) is 5.21. The van der Waals surface area contributed by atoms with E-state index in [1.165, 1.54) is 0 Å². The second-order valence-corrected chi connectivity index (χ2v) is 7.40. The summed E-state index contributed by atoms with van der Waals surface area (Å²) in [6, 6.07) is 5.53. The maximum absolute atomic E-state index is 12.6. The number of hydrogen-bond donors (Lipinski definition) is 1. The summed E-state index contributed by atoms with van der Waals surface area (Å²) < 4.78 is 5.80. The molecule has 25 heavy (non-hydrogen) atoms. The lowest BCUT2D eigenvalue weighted by Crippen LogP contribution is -2.61. The van der Waals surface area contributed by atoms with Gasteiger partial charge < -0.3 is 14.4 Å². The first kappa shape index (κ1) is 16.2. The van der Waals surface area contributed by atoms with Gasteiger partial charge in [-0.15, -0.1) is 10.2 Å². The minimum atomic E-state index is -0.341. The number of rotatable bonds is 3. The lowest BCUT2D eigenvalue weighted by molar-refractivity contribution is -0.146. The second-order valence-electron chi connectivity index (χ2n) is 7.40. The van der Waals surface area contributed by atoms with Crippen LogP contribution >= 0.6 is 0 Å². The van der Waals surface area contributed by atoms with E-state index in [1.807, 2.05) is 30.0 Å². The van der Waals surface area contributed by atoms with Gasteiger partial charge in [0.25, 0.3) is 5.89 Å². The van der Waals surface area contributed by atoms with Gasteiger partial charge in [0.15, 0.2) is 0 Å². The Balaban J connectivity index is 1.42. The van der Waals surface area contributed by atoms with Crippen molar-refractivity contribution in [2.75, 3.05) is 13.1 Å². The zero-order valence-corrected chi connectivity index (χ0v) is 14.3. The van der Waals surface area contributed by atoms with Gasteiger partial charge in [-0.3, -0.25) is 9.78 Å². The van der Waals surface area contributed by atoms with Gasteiger partial charge in [-0.05, 0) is 38.3 Å². The van der Waals surface area contributed by atoms with Gasteiger partial charge in [0.2, 0.25) is 11.8 Å². The molecule has 1 N–H and O–H groups in total. The number of carbonyl (C=O) groups is 1. The van der Waals surface area contributed by atoms with Crippen molar-refractivity contribution >= 4 is 5.91 Å². The van der Waals surface area contributed by atoms with Crippen molar-refractivity contribution in [3.05, 3.63) is 30.3 Å². The van der Waals surface area contributed by atoms with Crippen LogP contribution in [0.4, 0.5) is 0 Å². The number of nitrogens with zero attached hydrogens (tertiary/aromatic N) is 4. The van der Waals surface area contributed by atoms with Crippen molar-refractivity contribution in [2.45, 2.75) is 44.1 Å². The van der Waals surface area contributed by atoms with Crippen LogP contribution in [0.3, 0.4) is 0 Å². The molecule has 2 unspecified atom stereocenters. The fourth-order valence-electron chi connectivity index (χ4n) is 3.79. The summed E-state index contributed by atoms with van der Waals surface area (Å²) in [4.78, 5) is 18.7. The Bertz CT molecular complexity index is 755. The molecular formula is C18H22N4O3. The van der Waals surface area contributed by atoms with Crippen LogP contribution in [-0.4, -0.2) is 50.3 Å². The number of amides is 1. The Morgan fingerprint density at radius 3 is 2.88 bits per heavy atom. The van der Waals surface area contributed by atoms with E-state index in [4.69, 9.17) is 4.42 Å². The Morgan fingerprint density at radius 2 is 2.16 bits per heavy atom. The van der Waals surface area contributed by atoms with E-state index in [2.05, 4.69) is 15.2 Å². The third-order valence-corrected chi connectivity index (χ3v) is 5.21. The predicted molar refractivity (Wildman–Crippen MR) is 89.4 cm³/mol. The number of aliphatic hydroxyl groups excluding tert-OH is 1. The third kappa shape index (κ3) is 3.04. The molecule has 1 aliphatic carbocycles. The zero-order chi connectivity index (χ0) is 17.4. The van der Waals surface area contributed by atoms with Crippen molar-refractivity contribution in [3.8, 4) is 11.6 Å². The van der Waals surface area contributed by atoms with Gasteiger partial charge in [-0.25, -0.2) is 0 Å². The summed E-state index contributed by atoms with van der Waals surface area (Å²) in [5.74, 6) is 1.03. The fraction of sp³-hybridized carbons (Fsp3) is 0.556. The van der Waals surface area contributed by atoms with E-state index in [-0.39, 0.29) is 23.3 Å². The van der Waals surface area contributed by atoms with E-state index >= 15 is 0 Å². The number of aliphatic hydroxyl groups is 1. The number of hydrogen-bond acceptors (Lipinski definition) is 6. The number of aromatic nitrogens is 3. The molecule has 2 fully saturated rings. The van der Waals surface area contributed by atoms with E-state index in [9.17, 15) is 9.90 Å². The summed E-state index contributed by atoms with van der Waals surface area (Å²) >= 11 is 0. The molecule has 4 rings (SSSR count). The number of pyridine rings is 1. The molecule has 2 aromatic rings. The van der Waals surface area contributed by atoms with Gasteiger partial charge in [-0.2, -0.15) is 0 Å². The van der Waals surface area contributed by atoms with Crippen LogP contribution in [0.2, 0.25) is 0 Å². The molecule has 1 amide bonds. The van der Waals surface area contributed by atoms with Crippen LogP contribution < -0.4 is 0 Å². The second kappa shape index (κ2) is 6.22. The highest BCUT2D eigenvalue weighted by Crippen LogP contribution is 2.37. The van der Waals surface area contributed by atoms with E-state index in [1.54, 1.807) is 6.20 Å². The minimum Gasteiger partial charge on any atom is -0.419 e. The van der Waals surface area contributed by atoms with Crippen LogP contribution in [0, 0.1) is 5.92 Å². The van der Waals surface area contributed by atoms with Gasteiger partial charge in [0, 0.05) is 25.2 Å². The standard InChI is InChI=1S/C18H22N4O3/c1-18(17-21-20-15(25-17)14-7-2-3-8-19-14)10-22(11-18)16(24)12-5-4-6-13(23)9-12/h2-3,7-8,12-13,23H,4-6,9-11H2,1H3. The lowest BCUT2D eigenvalue weighted by Gasteiger charge is -2.47. The van der Waals surface area contributed by atoms with Crippen LogP contribution in [0.25, 0.3) is 11.6 Å². The maximum atomic E-state index is 12.6. The first-order chi connectivity index (χ1) is 12.0. The molecular weight excluding hydrogens is 320 g/mol. The zero-order valence-electron chi connectivity index (χ0n) is 14.3. The number of carbonyl (C=O) groups excluding carboxylic acids is 1. The molecule has 1 aliphatic heterocycles. The average molecular weight is 342 g/mol. The molecule has 0 aromatic carbocycles. The summed E-state index contributed by atoms with van der Waals surface area (Å²) in [6.07, 6.45) is 4.51. The molecule has 1 saturated heterocycles. The molecule has 132 valence electrons. The van der Waals surface area contributed by atoms with Crippen molar-refractivity contribution < 1.29 is 14.3 Å². The molecule has 1 saturated carbocycles. The molecule has 2 atom stereocenters. The highest BCUT2D eigenvalue weighted by molar-refractivity contribution is 5.80. The number of likely N-dealkylation sites (tertiary alicyclic amines) is 1. The molecule has 0 spiro atoms. The summed E-state index contributed by atoms with van der Waals surface area (Å²) in [5, 5.41) is 18.0. The topological polar surface area (TPSA) is 92.4 Å². The highest BCUT2D eigenvalue weighted by Gasteiger charge is 2.48. The largest absolute Gasteiger partial charge is 0.419 e. The van der Waals surface area contributed by atoms with E-state index in [0.717, 1.165) is 19.3 Å². The molecule has 0 radical (unpaired) electrons. The summed E-state index contributed by atoms with van der Waals surface area (Å²) in [6.45, 7) is 3.17. The average Bonchev–Trinajstić information content (AvgIpc) is 3.10. The maximum Gasteiger partial charge on any atom is 0.266 e.